The summed E-state index contributed by atoms with van der Waals surface area (Å²) < 4.78 is 5.32. The molecule has 1 aliphatic rings. The first-order chi connectivity index (χ1) is 10.0. The van der Waals surface area contributed by atoms with E-state index in [0.29, 0.717) is 12.4 Å². The minimum atomic E-state index is 0.00364. The van der Waals surface area contributed by atoms with Crippen LogP contribution in [0.1, 0.15) is 36.6 Å². The average Bonchev–Trinajstić information content (AvgIpc) is 2.46. The van der Waals surface area contributed by atoms with Crippen LogP contribution in [-0.2, 0) is 6.54 Å². The molecule has 2 amide bonds. The maximum atomic E-state index is 12.2. The van der Waals surface area contributed by atoms with Gasteiger partial charge in [-0.3, -0.25) is 0 Å². The first-order valence-electron chi connectivity index (χ1n) is 7.55. The molecule has 2 heterocycles. The zero-order valence-corrected chi connectivity index (χ0v) is 13.4. The highest BCUT2D eigenvalue weighted by molar-refractivity contribution is 5.74. The van der Waals surface area contributed by atoms with E-state index in [2.05, 4.69) is 17.2 Å². The van der Waals surface area contributed by atoms with Gasteiger partial charge < -0.3 is 15.0 Å². The summed E-state index contributed by atoms with van der Waals surface area (Å²) in [4.78, 5) is 18.5. The SMILES string of the molecule is COc1nc(C)cc(C)c1CNC(=O)N1CCC(C)CC1. The van der Waals surface area contributed by atoms with E-state index in [-0.39, 0.29) is 6.03 Å². The fourth-order valence-corrected chi connectivity index (χ4v) is 2.70. The van der Waals surface area contributed by atoms with Gasteiger partial charge in [0.05, 0.1) is 13.7 Å². The van der Waals surface area contributed by atoms with Crippen LogP contribution < -0.4 is 10.1 Å². The van der Waals surface area contributed by atoms with Crippen LogP contribution in [0, 0.1) is 19.8 Å². The van der Waals surface area contributed by atoms with E-state index in [4.69, 9.17) is 4.74 Å². The number of aromatic nitrogens is 1. The summed E-state index contributed by atoms with van der Waals surface area (Å²) in [7, 11) is 1.61. The minimum absolute atomic E-state index is 0.00364. The van der Waals surface area contributed by atoms with Gasteiger partial charge in [-0.1, -0.05) is 6.92 Å². The number of carbonyl (C=O) groups is 1. The highest BCUT2D eigenvalue weighted by Crippen LogP contribution is 2.21. The number of carbonyl (C=O) groups excluding carboxylic acids is 1. The second-order valence-corrected chi connectivity index (χ2v) is 5.90. The number of pyridine rings is 1. The van der Waals surface area contributed by atoms with Gasteiger partial charge >= 0.3 is 6.03 Å². The molecule has 5 heteroatoms. The summed E-state index contributed by atoms with van der Waals surface area (Å²) in [5.74, 6) is 1.32. The van der Waals surface area contributed by atoms with Crippen molar-refractivity contribution < 1.29 is 9.53 Å². The van der Waals surface area contributed by atoms with E-state index in [9.17, 15) is 4.79 Å². The van der Waals surface area contributed by atoms with E-state index in [1.807, 2.05) is 24.8 Å². The van der Waals surface area contributed by atoms with Crippen LogP contribution in [0.25, 0.3) is 0 Å². The van der Waals surface area contributed by atoms with Gasteiger partial charge in [-0.25, -0.2) is 9.78 Å². The Hall–Kier alpha value is -1.78. The molecule has 0 unspecified atom stereocenters. The topological polar surface area (TPSA) is 54.5 Å². The van der Waals surface area contributed by atoms with Crippen molar-refractivity contribution in [1.29, 1.82) is 0 Å². The van der Waals surface area contributed by atoms with Crippen molar-refractivity contribution in [3.63, 3.8) is 0 Å². The number of hydrogen-bond acceptors (Lipinski definition) is 3. The third kappa shape index (κ3) is 3.86. The van der Waals surface area contributed by atoms with Gasteiger partial charge in [0.25, 0.3) is 0 Å². The Morgan fingerprint density at radius 3 is 2.71 bits per heavy atom. The molecule has 0 bridgehead atoms. The molecule has 5 nitrogen and oxygen atoms in total. The zero-order chi connectivity index (χ0) is 15.4. The quantitative estimate of drug-likeness (QED) is 0.931. The van der Waals surface area contributed by atoms with Crippen LogP contribution in [0.5, 0.6) is 5.88 Å². The predicted molar refractivity (Wildman–Crippen MR) is 82.5 cm³/mol. The number of ether oxygens (including phenoxy) is 1. The lowest BCUT2D eigenvalue weighted by Gasteiger charge is -2.30. The molecule has 0 atom stereocenters. The third-order valence-corrected chi connectivity index (χ3v) is 4.12. The molecule has 2 rings (SSSR count). The number of rotatable bonds is 3. The smallest absolute Gasteiger partial charge is 0.317 e. The Morgan fingerprint density at radius 2 is 2.10 bits per heavy atom. The second kappa shape index (κ2) is 6.78. The lowest BCUT2D eigenvalue weighted by atomic mass is 10.00. The first-order valence-corrected chi connectivity index (χ1v) is 7.55. The molecule has 0 aliphatic carbocycles. The molecule has 0 spiro atoms. The lowest BCUT2D eigenvalue weighted by Crippen LogP contribution is -2.44. The fourth-order valence-electron chi connectivity index (χ4n) is 2.70. The van der Waals surface area contributed by atoms with E-state index >= 15 is 0 Å². The van der Waals surface area contributed by atoms with E-state index in [1.54, 1.807) is 7.11 Å². The standard InChI is InChI=1S/C16H25N3O2/c1-11-5-7-19(8-6-11)16(20)17-10-14-12(2)9-13(3)18-15(14)21-4/h9,11H,5-8,10H2,1-4H3,(H,17,20). The summed E-state index contributed by atoms with van der Waals surface area (Å²) in [6.45, 7) is 8.33. The van der Waals surface area contributed by atoms with Crippen molar-refractivity contribution in [2.75, 3.05) is 20.2 Å². The van der Waals surface area contributed by atoms with Crippen molar-refractivity contribution >= 4 is 6.03 Å². The van der Waals surface area contributed by atoms with Gasteiger partial charge in [0.15, 0.2) is 0 Å². The maximum Gasteiger partial charge on any atom is 0.317 e. The molecular formula is C16H25N3O2. The van der Waals surface area contributed by atoms with Crippen LogP contribution >= 0.6 is 0 Å². The Labute approximate surface area is 126 Å². The van der Waals surface area contributed by atoms with Gasteiger partial charge in [0.2, 0.25) is 5.88 Å². The lowest BCUT2D eigenvalue weighted by molar-refractivity contribution is 0.173. The van der Waals surface area contributed by atoms with E-state index < -0.39 is 0 Å². The van der Waals surface area contributed by atoms with Crippen molar-refractivity contribution in [2.24, 2.45) is 5.92 Å². The van der Waals surface area contributed by atoms with Gasteiger partial charge in [-0.2, -0.15) is 0 Å². The van der Waals surface area contributed by atoms with Crippen LogP contribution in [0.15, 0.2) is 6.07 Å². The summed E-state index contributed by atoms with van der Waals surface area (Å²) in [5, 5.41) is 2.99. The fraction of sp³-hybridized carbons (Fsp3) is 0.625. The molecule has 1 N–H and O–H groups in total. The van der Waals surface area contributed by atoms with Gasteiger partial charge in [-0.15, -0.1) is 0 Å². The highest BCUT2D eigenvalue weighted by atomic mass is 16.5. The van der Waals surface area contributed by atoms with Crippen LogP contribution in [0.2, 0.25) is 0 Å². The molecule has 0 radical (unpaired) electrons. The number of hydrogen-bond donors (Lipinski definition) is 1. The largest absolute Gasteiger partial charge is 0.481 e. The molecule has 1 fully saturated rings. The number of nitrogens with zero attached hydrogens (tertiary/aromatic N) is 2. The molecule has 1 aromatic heterocycles. The van der Waals surface area contributed by atoms with Crippen molar-refractivity contribution in [1.82, 2.24) is 15.2 Å². The predicted octanol–water partition coefficient (Wildman–Crippen LogP) is 2.65. The normalized spacial score (nSPS) is 15.9. The molecule has 116 valence electrons. The number of piperidine rings is 1. The average molecular weight is 291 g/mol. The van der Waals surface area contributed by atoms with E-state index in [1.165, 1.54) is 0 Å². The molecule has 1 aliphatic heterocycles. The van der Waals surface area contributed by atoms with Gasteiger partial charge in [0.1, 0.15) is 0 Å². The Balaban J connectivity index is 1.98. The minimum Gasteiger partial charge on any atom is -0.481 e. The molecule has 0 aromatic carbocycles. The number of methoxy groups -OCH3 is 1. The summed E-state index contributed by atoms with van der Waals surface area (Å²) in [6.07, 6.45) is 2.17. The van der Waals surface area contributed by atoms with Gasteiger partial charge in [0, 0.05) is 24.3 Å². The van der Waals surface area contributed by atoms with E-state index in [0.717, 1.165) is 48.7 Å². The second-order valence-electron chi connectivity index (χ2n) is 5.90. The summed E-state index contributed by atoms with van der Waals surface area (Å²) in [5.41, 5.74) is 2.96. The van der Waals surface area contributed by atoms with Gasteiger partial charge in [-0.05, 0) is 44.2 Å². The molecule has 0 saturated carbocycles. The van der Waals surface area contributed by atoms with Crippen molar-refractivity contribution in [3.8, 4) is 5.88 Å². The number of nitrogens with one attached hydrogen (secondary N) is 1. The molecule has 1 aromatic rings. The van der Waals surface area contributed by atoms with Crippen molar-refractivity contribution in [3.05, 3.63) is 22.9 Å². The number of likely N-dealkylation sites (tertiary alicyclic amines) is 1. The highest BCUT2D eigenvalue weighted by Gasteiger charge is 2.20. The van der Waals surface area contributed by atoms with Crippen LogP contribution in [-0.4, -0.2) is 36.1 Å². The Bertz CT molecular complexity index is 508. The molecule has 21 heavy (non-hydrogen) atoms. The number of aryl methyl sites for hydroxylation is 2. The van der Waals surface area contributed by atoms with Crippen molar-refractivity contribution in [2.45, 2.75) is 40.2 Å². The molecular weight excluding hydrogens is 266 g/mol. The summed E-state index contributed by atoms with van der Waals surface area (Å²) >= 11 is 0. The first kappa shape index (κ1) is 15.6. The number of urea groups is 1. The Morgan fingerprint density at radius 1 is 1.43 bits per heavy atom. The van der Waals surface area contributed by atoms with Crippen LogP contribution in [0.3, 0.4) is 0 Å². The maximum absolute atomic E-state index is 12.2. The summed E-state index contributed by atoms with van der Waals surface area (Å²) in [6, 6.07) is 2.01. The zero-order valence-electron chi connectivity index (χ0n) is 13.4. The van der Waals surface area contributed by atoms with Crippen LogP contribution in [0.4, 0.5) is 4.79 Å². The monoisotopic (exact) mass is 291 g/mol. The Kier molecular flexibility index (Phi) is 5.04. The third-order valence-electron chi connectivity index (χ3n) is 4.12. The molecule has 1 saturated heterocycles. The number of amides is 2.